The number of amides is 1. The van der Waals surface area contributed by atoms with Crippen LogP contribution in [-0.2, 0) is 21.4 Å². The van der Waals surface area contributed by atoms with E-state index < -0.39 is 10.0 Å². The number of nitrogens with zero attached hydrogens (tertiary/aromatic N) is 1. The van der Waals surface area contributed by atoms with Gasteiger partial charge in [-0.05, 0) is 54.8 Å². The topological polar surface area (TPSA) is 94.2 Å². The normalized spacial score (nSPS) is 11.6. The van der Waals surface area contributed by atoms with Gasteiger partial charge in [0.1, 0.15) is 6.54 Å². The standard InChI is InChI=1S/C24H23N3O3S/c1-16-12-20(31(25,29)30)14-21(17(16)2)26-24(28)15-27-22-11-7-6-10-19(22)13-23(27)18-8-4-3-5-9-18/h3-14H,15H2,1-2H3,(H,26,28)(H2,25,29,30). The number of nitrogens with two attached hydrogens (primary N) is 1. The Morgan fingerprint density at radius 2 is 1.65 bits per heavy atom. The van der Waals surface area contributed by atoms with Gasteiger partial charge >= 0.3 is 0 Å². The summed E-state index contributed by atoms with van der Waals surface area (Å²) in [6.45, 7) is 3.70. The molecule has 31 heavy (non-hydrogen) atoms. The molecule has 0 aliphatic carbocycles. The summed E-state index contributed by atoms with van der Waals surface area (Å²) in [5.74, 6) is -0.257. The lowest BCUT2D eigenvalue weighted by Crippen LogP contribution is -2.21. The van der Waals surface area contributed by atoms with Crippen LogP contribution in [0.15, 0.2) is 77.7 Å². The number of hydrogen-bond acceptors (Lipinski definition) is 3. The zero-order chi connectivity index (χ0) is 22.2. The fourth-order valence-corrected chi connectivity index (χ4v) is 4.31. The van der Waals surface area contributed by atoms with Crippen LogP contribution in [0, 0.1) is 13.8 Å². The van der Waals surface area contributed by atoms with Crippen molar-refractivity contribution in [2.24, 2.45) is 5.14 Å². The molecule has 0 fully saturated rings. The third-order valence-corrected chi connectivity index (χ3v) is 6.32. The minimum absolute atomic E-state index is 0.0257. The number of rotatable bonds is 5. The molecule has 0 aliphatic heterocycles. The smallest absolute Gasteiger partial charge is 0.244 e. The van der Waals surface area contributed by atoms with Gasteiger partial charge in [-0.2, -0.15) is 0 Å². The van der Waals surface area contributed by atoms with Crippen LogP contribution in [0.3, 0.4) is 0 Å². The number of sulfonamides is 1. The lowest BCUT2D eigenvalue weighted by molar-refractivity contribution is -0.116. The lowest BCUT2D eigenvalue weighted by atomic mass is 10.1. The van der Waals surface area contributed by atoms with Crippen LogP contribution in [0.25, 0.3) is 22.2 Å². The number of anilines is 1. The Morgan fingerprint density at radius 3 is 2.35 bits per heavy atom. The minimum Gasteiger partial charge on any atom is -0.331 e. The summed E-state index contributed by atoms with van der Waals surface area (Å²) in [6.07, 6.45) is 0. The summed E-state index contributed by atoms with van der Waals surface area (Å²) in [5.41, 5.74) is 4.85. The largest absolute Gasteiger partial charge is 0.331 e. The SMILES string of the molecule is Cc1cc(S(N)(=O)=O)cc(NC(=O)Cn2c(-c3ccccc3)cc3ccccc32)c1C. The first-order chi connectivity index (χ1) is 14.7. The second-order valence-electron chi connectivity index (χ2n) is 7.55. The fraction of sp³-hybridized carbons (Fsp3) is 0.125. The minimum atomic E-state index is -3.88. The molecule has 3 aromatic carbocycles. The first kappa shape index (κ1) is 20.8. The molecule has 0 saturated heterocycles. The third-order valence-electron chi connectivity index (χ3n) is 5.43. The van der Waals surface area contributed by atoms with Crippen LogP contribution >= 0.6 is 0 Å². The predicted octanol–water partition coefficient (Wildman–Crippen LogP) is 4.21. The van der Waals surface area contributed by atoms with Crippen molar-refractivity contribution >= 4 is 32.5 Å². The maximum atomic E-state index is 13.0. The molecule has 0 aliphatic rings. The second-order valence-corrected chi connectivity index (χ2v) is 9.11. The summed E-state index contributed by atoms with van der Waals surface area (Å²) >= 11 is 0. The van der Waals surface area contributed by atoms with Gasteiger partial charge in [-0.15, -0.1) is 0 Å². The van der Waals surface area contributed by atoms with Gasteiger partial charge in [-0.3, -0.25) is 4.79 Å². The molecule has 0 radical (unpaired) electrons. The van der Waals surface area contributed by atoms with E-state index in [4.69, 9.17) is 5.14 Å². The first-order valence-corrected chi connectivity index (χ1v) is 11.4. The quantitative estimate of drug-likeness (QED) is 0.494. The van der Waals surface area contributed by atoms with Crippen molar-refractivity contribution in [1.82, 2.24) is 4.57 Å². The number of fused-ring (bicyclic) bond motifs is 1. The first-order valence-electron chi connectivity index (χ1n) is 9.81. The Morgan fingerprint density at radius 1 is 0.968 bits per heavy atom. The van der Waals surface area contributed by atoms with Crippen molar-refractivity contribution in [3.8, 4) is 11.3 Å². The highest BCUT2D eigenvalue weighted by Gasteiger charge is 2.17. The maximum Gasteiger partial charge on any atom is 0.244 e. The van der Waals surface area contributed by atoms with E-state index in [1.54, 1.807) is 6.92 Å². The van der Waals surface area contributed by atoms with E-state index in [1.165, 1.54) is 12.1 Å². The van der Waals surface area contributed by atoms with Gasteiger partial charge < -0.3 is 9.88 Å². The van der Waals surface area contributed by atoms with Crippen molar-refractivity contribution in [3.63, 3.8) is 0 Å². The summed E-state index contributed by atoms with van der Waals surface area (Å²) in [4.78, 5) is 13.0. The molecule has 1 aromatic heterocycles. The molecule has 1 heterocycles. The van der Waals surface area contributed by atoms with Crippen molar-refractivity contribution in [3.05, 3.63) is 83.9 Å². The van der Waals surface area contributed by atoms with E-state index in [9.17, 15) is 13.2 Å². The zero-order valence-electron chi connectivity index (χ0n) is 17.3. The van der Waals surface area contributed by atoms with E-state index in [1.807, 2.05) is 66.1 Å². The monoisotopic (exact) mass is 433 g/mol. The average Bonchev–Trinajstić information content (AvgIpc) is 3.09. The van der Waals surface area contributed by atoms with Crippen LogP contribution < -0.4 is 10.5 Å². The molecule has 1 amide bonds. The second kappa shape index (κ2) is 8.02. The number of para-hydroxylation sites is 1. The Bertz CT molecular complexity index is 1390. The van der Waals surface area contributed by atoms with Crippen molar-refractivity contribution in [2.45, 2.75) is 25.3 Å². The van der Waals surface area contributed by atoms with Gasteiger partial charge in [0.25, 0.3) is 0 Å². The predicted molar refractivity (Wildman–Crippen MR) is 123 cm³/mol. The Kier molecular flexibility index (Phi) is 5.39. The van der Waals surface area contributed by atoms with Gasteiger partial charge in [0.05, 0.1) is 4.90 Å². The number of nitrogens with one attached hydrogen (secondary N) is 1. The highest BCUT2D eigenvalue weighted by Crippen LogP contribution is 2.29. The Hall–Kier alpha value is -3.42. The molecular formula is C24H23N3O3S. The lowest BCUT2D eigenvalue weighted by Gasteiger charge is -2.15. The maximum absolute atomic E-state index is 13.0. The van der Waals surface area contributed by atoms with Gasteiger partial charge in [-0.25, -0.2) is 13.6 Å². The van der Waals surface area contributed by atoms with E-state index in [0.29, 0.717) is 5.69 Å². The molecular weight excluding hydrogens is 410 g/mol. The van der Waals surface area contributed by atoms with E-state index in [2.05, 4.69) is 11.4 Å². The third kappa shape index (κ3) is 4.23. The molecule has 6 nitrogen and oxygen atoms in total. The highest BCUT2D eigenvalue weighted by atomic mass is 32.2. The number of carbonyl (C=O) groups excluding carboxylic acids is 1. The molecule has 4 aromatic rings. The molecule has 0 spiro atoms. The molecule has 0 atom stereocenters. The molecule has 158 valence electrons. The van der Waals surface area contributed by atoms with Crippen LogP contribution in [0.1, 0.15) is 11.1 Å². The Balaban J connectivity index is 1.71. The van der Waals surface area contributed by atoms with E-state index in [-0.39, 0.29) is 17.3 Å². The van der Waals surface area contributed by atoms with Gasteiger partial charge in [0, 0.05) is 22.3 Å². The molecule has 0 saturated carbocycles. The number of primary sulfonamides is 1. The number of aryl methyl sites for hydroxylation is 1. The molecule has 0 bridgehead atoms. The molecule has 0 unspecified atom stereocenters. The summed E-state index contributed by atoms with van der Waals surface area (Å²) in [5, 5.41) is 9.19. The Labute approximate surface area is 181 Å². The number of hydrogen-bond donors (Lipinski definition) is 2. The molecule has 3 N–H and O–H groups in total. The average molecular weight is 434 g/mol. The number of carbonyl (C=O) groups is 1. The van der Waals surface area contributed by atoms with Crippen molar-refractivity contribution in [1.29, 1.82) is 0 Å². The zero-order valence-corrected chi connectivity index (χ0v) is 18.1. The molecule has 7 heteroatoms. The van der Waals surface area contributed by atoms with E-state index >= 15 is 0 Å². The molecule has 4 rings (SSSR count). The number of benzene rings is 3. The summed E-state index contributed by atoms with van der Waals surface area (Å²) < 4.78 is 25.6. The van der Waals surface area contributed by atoms with E-state index in [0.717, 1.165) is 33.3 Å². The highest BCUT2D eigenvalue weighted by molar-refractivity contribution is 7.89. The van der Waals surface area contributed by atoms with Crippen LogP contribution in [0.4, 0.5) is 5.69 Å². The van der Waals surface area contributed by atoms with Crippen molar-refractivity contribution < 1.29 is 13.2 Å². The van der Waals surface area contributed by atoms with Gasteiger partial charge in [0.2, 0.25) is 15.9 Å². The fourth-order valence-electron chi connectivity index (χ4n) is 3.68. The number of aromatic nitrogens is 1. The van der Waals surface area contributed by atoms with Crippen LogP contribution in [0.5, 0.6) is 0 Å². The van der Waals surface area contributed by atoms with Crippen molar-refractivity contribution in [2.75, 3.05) is 5.32 Å². The summed E-state index contributed by atoms with van der Waals surface area (Å²) in [7, 11) is -3.88. The summed E-state index contributed by atoms with van der Waals surface area (Å²) in [6, 6.07) is 22.8. The van der Waals surface area contributed by atoms with Gasteiger partial charge in [-0.1, -0.05) is 48.5 Å². The van der Waals surface area contributed by atoms with Crippen LogP contribution in [-0.4, -0.2) is 18.9 Å². The van der Waals surface area contributed by atoms with Crippen LogP contribution in [0.2, 0.25) is 0 Å². The van der Waals surface area contributed by atoms with Gasteiger partial charge in [0.15, 0.2) is 0 Å².